The van der Waals surface area contributed by atoms with Crippen LogP contribution in [0.5, 0.6) is 5.75 Å². The van der Waals surface area contributed by atoms with Crippen molar-refractivity contribution in [3.05, 3.63) is 54.9 Å². The molecule has 1 amide bonds. The topological polar surface area (TPSA) is 56.2 Å². The minimum atomic E-state index is -0.522. The number of nitrogens with one attached hydrogen (secondary N) is 1. The second-order valence-corrected chi connectivity index (χ2v) is 4.39. The second-order valence-electron chi connectivity index (χ2n) is 4.39. The molecule has 100 valence electrons. The Labute approximate surface area is 115 Å². The maximum absolute atomic E-state index is 11.8. The molecule has 0 bridgehead atoms. The maximum atomic E-state index is 11.8. The standard InChI is InChI=1S/C15H13N3O2/c1-18-10-16-13-9-11(7-8-14(13)18)17-15(19)20-12-5-3-2-4-6-12/h2-10H,1H3,(H,17,19). The summed E-state index contributed by atoms with van der Waals surface area (Å²) in [5, 5.41) is 2.68. The SMILES string of the molecule is Cn1cnc2cc(NC(=O)Oc3ccccc3)ccc21. The molecule has 0 unspecified atom stereocenters. The number of nitrogens with zero attached hydrogens (tertiary/aromatic N) is 2. The van der Waals surface area contributed by atoms with Crippen LogP contribution in [-0.2, 0) is 7.05 Å². The molecule has 0 atom stereocenters. The van der Waals surface area contributed by atoms with Gasteiger partial charge < -0.3 is 9.30 Å². The zero-order valence-electron chi connectivity index (χ0n) is 10.9. The van der Waals surface area contributed by atoms with E-state index in [0.717, 1.165) is 11.0 Å². The average Bonchev–Trinajstić information content (AvgIpc) is 2.81. The van der Waals surface area contributed by atoms with Crippen molar-refractivity contribution in [2.75, 3.05) is 5.32 Å². The van der Waals surface area contributed by atoms with Crippen LogP contribution in [0.15, 0.2) is 54.9 Å². The number of anilines is 1. The molecule has 0 saturated heterocycles. The Balaban J connectivity index is 1.74. The smallest absolute Gasteiger partial charge is 0.410 e. The van der Waals surface area contributed by atoms with Crippen LogP contribution in [0.4, 0.5) is 10.5 Å². The summed E-state index contributed by atoms with van der Waals surface area (Å²) in [6.07, 6.45) is 1.21. The molecule has 20 heavy (non-hydrogen) atoms. The fourth-order valence-electron chi connectivity index (χ4n) is 1.95. The van der Waals surface area contributed by atoms with Crippen LogP contribution < -0.4 is 10.1 Å². The summed E-state index contributed by atoms with van der Waals surface area (Å²) in [4.78, 5) is 16.0. The average molecular weight is 267 g/mol. The van der Waals surface area contributed by atoms with E-state index < -0.39 is 6.09 Å². The van der Waals surface area contributed by atoms with Crippen LogP contribution in [0.25, 0.3) is 11.0 Å². The quantitative estimate of drug-likeness (QED) is 0.775. The van der Waals surface area contributed by atoms with Crippen LogP contribution in [0.2, 0.25) is 0 Å². The lowest BCUT2D eigenvalue weighted by Crippen LogP contribution is -2.16. The number of carbonyl (C=O) groups excluding carboxylic acids is 1. The lowest BCUT2D eigenvalue weighted by molar-refractivity contribution is 0.215. The van der Waals surface area contributed by atoms with Crippen LogP contribution >= 0.6 is 0 Å². The van der Waals surface area contributed by atoms with Gasteiger partial charge in [-0.05, 0) is 30.3 Å². The van der Waals surface area contributed by atoms with Gasteiger partial charge in [-0.1, -0.05) is 18.2 Å². The van der Waals surface area contributed by atoms with Gasteiger partial charge in [0.05, 0.1) is 17.4 Å². The summed E-state index contributed by atoms with van der Waals surface area (Å²) in [6, 6.07) is 14.5. The number of hydrogen-bond donors (Lipinski definition) is 1. The first-order valence-electron chi connectivity index (χ1n) is 6.17. The molecule has 0 fully saturated rings. The highest BCUT2D eigenvalue weighted by Crippen LogP contribution is 2.18. The zero-order valence-corrected chi connectivity index (χ0v) is 10.9. The lowest BCUT2D eigenvalue weighted by Gasteiger charge is -2.06. The van der Waals surface area contributed by atoms with E-state index in [1.165, 1.54) is 0 Å². The molecule has 2 aromatic carbocycles. The van der Waals surface area contributed by atoms with Crippen LogP contribution in [0.3, 0.4) is 0 Å². The van der Waals surface area contributed by atoms with Gasteiger partial charge in [0.15, 0.2) is 0 Å². The van der Waals surface area contributed by atoms with Crippen molar-refractivity contribution in [2.45, 2.75) is 0 Å². The lowest BCUT2D eigenvalue weighted by atomic mass is 10.3. The number of benzene rings is 2. The third kappa shape index (κ3) is 2.47. The van der Waals surface area contributed by atoms with Crippen molar-refractivity contribution >= 4 is 22.8 Å². The predicted molar refractivity (Wildman–Crippen MR) is 76.8 cm³/mol. The second kappa shape index (κ2) is 5.05. The summed E-state index contributed by atoms with van der Waals surface area (Å²) in [6.45, 7) is 0. The Morgan fingerprint density at radius 1 is 1.20 bits per heavy atom. The first-order chi connectivity index (χ1) is 9.72. The van der Waals surface area contributed by atoms with Gasteiger partial charge in [-0.15, -0.1) is 0 Å². The number of hydrogen-bond acceptors (Lipinski definition) is 3. The molecule has 5 nitrogen and oxygen atoms in total. The van der Waals surface area contributed by atoms with Gasteiger partial charge in [-0.2, -0.15) is 0 Å². The molecule has 1 N–H and O–H groups in total. The maximum Gasteiger partial charge on any atom is 0.417 e. The van der Waals surface area contributed by atoms with Crippen LogP contribution in [0, 0.1) is 0 Å². The molecule has 0 saturated carbocycles. The summed E-state index contributed by atoms with van der Waals surface area (Å²) >= 11 is 0. The number of para-hydroxylation sites is 1. The van der Waals surface area contributed by atoms with Crippen molar-refractivity contribution in [2.24, 2.45) is 7.05 Å². The highest BCUT2D eigenvalue weighted by atomic mass is 16.6. The first kappa shape index (κ1) is 12.2. The summed E-state index contributed by atoms with van der Waals surface area (Å²) in [5.41, 5.74) is 2.48. The molecule has 0 aliphatic rings. The number of rotatable bonds is 2. The molecule has 1 heterocycles. The molecule has 1 aromatic heterocycles. The fourth-order valence-corrected chi connectivity index (χ4v) is 1.95. The van der Waals surface area contributed by atoms with E-state index >= 15 is 0 Å². The summed E-state index contributed by atoms with van der Waals surface area (Å²) in [7, 11) is 1.92. The van der Waals surface area contributed by atoms with E-state index in [4.69, 9.17) is 4.74 Å². The largest absolute Gasteiger partial charge is 0.417 e. The van der Waals surface area contributed by atoms with Gasteiger partial charge in [0, 0.05) is 12.7 Å². The normalized spacial score (nSPS) is 10.4. The first-order valence-corrected chi connectivity index (χ1v) is 6.17. The molecule has 0 aliphatic carbocycles. The highest BCUT2D eigenvalue weighted by Gasteiger charge is 2.06. The van der Waals surface area contributed by atoms with Gasteiger partial charge >= 0.3 is 6.09 Å². The molecule has 5 heteroatoms. The van der Waals surface area contributed by atoms with Crippen molar-refractivity contribution in [3.8, 4) is 5.75 Å². The number of ether oxygens (including phenoxy) is 1. The van der Waals surface area contributed by atoms with E-state index in [-0.39, 0.29) is 0 Å². The van der Waals surface area contributed by atoms with Crippen molar-refractivity contribution in [1.82, 2.24) is 9.55 Å². The zero-order chi connectivity index (χ0) is 13.9. The molecule has 3 rings (SSSR count). The minimum Gasteiger partial charge on any atom is -0.410 e. The van der Waals surface area contributed by atoms with E-state index in [1.807, 2.05) is 48.0 Å². The Kier molecular flexibility index (Phi) is 3.09. The van der Waals surface area contributed by atoms with Gasteiger partial charge in [0.2, 0.25) is 0 Å². The number of amides is 1. The fraction of sp³-hybridized carbons (Fsp3) is 0.0667. The van der Waals surface area contributed by atoms with E-state index in [1.54, 1.807) is 18.5 Å². The number of fused-ring (bicyclic) bond motifs is 1. The van der Waals surface area contributed by atoms with Crippen molar-refractivity contribution in [1.29, 1.82) is 0 Å². The van der Waals surface area contributed by atoms with Gasteiger partial charge in [-0.25, -0.2) is 9.78 Å². The third-order valence-electron chi connectivity index (χ3n) is 2.93. The van der Waals surface area contributed by atoms with E-state index in [9.17, 15) is 4.79 Å². The molecular formula is C15H13N3O2. The Hall–Kier alpha value is -2.82. The number of aromatic nitrogens is 2. The summed E-state index contributed by atoms with van der Waals surface area (Å²) in [5.74, 6) is 0.504. The van der Waals surface area contributed by atoms with Gasteiger partial charge in [0.1, 0.15) is 5.75 Å². The Morgan fingerprint density at radius 2 is 2.00 bits per heavy atom. The number of carbonyl (C=O) groups is 1. The molecule has 0 spiro atoms. The third-order valence-corrected chi connectivity index (χ3v) is 2.93. The van der Waals surface area contributed by atoms with Crippen molar-refractivity contribution < 1.29 is 9.53 Å². The Morgan fingerprint density at radius 3 is 2.80 bits per heavy atom. The molecule has 0 radical (unpaired) electrons. The predicted octanol–water partition coefficient (Wildman–Crippen LogP) is 3.18. The Bertz CT molecular complexity index is 750. The minimum absolute atomic E-state index is 0.504. The molecule has 3 aromatic rings. The van der Waals surface area contributed by atoms with Crippen molar-refractivity contribution in [3.63, 3.8) is 0 Å². The number of aryl methyl sites for hydroxylation is 1. The number of imidazole rings is 1. The summed E-state index contributed by atoms with van der Waals surface area (Å²) < 4.78 is 7.08. The van der Waals surface area contributed by atoms with Crippen LogP contribution in [0.1, 0.15) is 0 Å². The molecular weight excluding hydrogens is 254 g/mol. The van der Waals surface area contributed by atoms with Gasteiger partial charge in [-0.3, -0.25) is 5.32 Å². The van der Waals surface area contributed by atoms with E-state index in [0.29, 0.717) is 11.4 Å². The van der Waals surface area contributed by atoms with E-state index in [2.05, 4.69) is 10.3 Å². The van der Waals surface area contributed by atoms with Crippen LogP contribution in [-0.4, -0.2) is 15.6 Å². The highest BCUT2D eigenvalue weighted by molar-refractivity contribution is 5.89. The monoisotopic (exact) mass is 267 g/mol. The van der Waals surface area contributed by atoms with Gasteiger partial charge in [0.25, 0.3) is 0 Å². The molecule has 0 aliphatic heterocycles.